The molecule has 2 aliphatic heterocycles. The second-order valence-electron chi connectivity index (χ2n) is 7.72. The minimum Gasteiger partial charge on any atom is -0.338 e. The summed E-state index contributed by atoms with van der Waals surface area (Å²) in [6, 6.07) is 10.7. The maximum atomic E-state index is 12.7. The van der Waals surface area contributed by atoms with Crippen LogP contribution in [0.4, 0.5) is 5.69 Å². The fourth-order valence-electron chi connectivity index (χ4n) is 3.81. The Bertz CT molecular complexity index is 1140. The zero-order valence-electron chi connectivity index (χ0n) is 17.3. The summed E-state index contributed by atoms with van der Waals surface area (Å²) in [7, 11) is 0. The highest BCUT2D eigenvalue weighted by Crippen LogP contribution is 2.26. The van der Waals surface area contributed by atoms with Crippen LogP contribution in [0.5, 0.6) is 0 Å². The molecule has 1 saturated heterocycles. The average molecular weight is 436 g/mol. The molecule has 2 aromatic rings. The Morgan fingerprint density at radius 1 is 0.906 bits per heavy atom. The fourth-order valence-corrected chi connectivity index (χ4v) is 3.81. The summed E-state index contributed by atoms with van der Waals surface area (Å²) in [4.78, 5) is 64.7. The van der Waals surface area contributed by atoms with Crippen molar-refractivity contribution in [2.75, 3.05) is 32.7 Å². The quantitative estimate of drug-likeness (QED) is 0.407. The van der Waals surface area contributed by atoms with Gasteiger partial charge in [0.1, 0.15) is 6.54 Å². The molecule has 0 saturated carbocycles. The van der Waals surface area contributed by atoms with Crippen molar-refractivity contribution >= 4 is 29.3 Å². The number of hydrogen-bond donors (Lipinski definition) is 0. The van der Waals surface area contributed by atoms with Gasteiger partial charge in [0.2, 0.25) is 5.91 Å². The van der Waals surface area contributed by atoms with Crippen LogP contribution in [-0.4, -0.2) is 76.0 Å². The second-order valence-corrected chi connectivity index (χ2v) is 7.72. The monoisotopic (exact) mass is 436 g/mol. The largest absolute Gasteiger partial charge is 0.338 e. The van der Waals surface area contributed by atoms with Gasteiger partial charge in [0.05, 0.1) is 16.1 Å². The summed E-state index contributed by atoms with van der Waals surface area (Å²) in [5, 5.41) is 10.9. The van der Waals surface area contributed by atoms with Crippen LogP contribution in [0.15, 0.2) is 42.5 Å². The standard InChI is InChI=1S/C22H20N4O6/c1-14-2-4-15(5-3-14)20(28)24-10-8-23(9-11-24)19(27)13-25-21(29)17-7-6-16(26(31)32)12-18(17)22(25)30/h2-7,12H,8-11,13H2,1H3. The number of hydrogen-bond acceptors (Lipinski definition) is 6. The predicted molar refractivity (Wildman–Crippen MR) is 112 cm³/mol. The van der Waals surface area contributed by atoms with Gasteiger partial charge in [0, 0.05) is 43.9 Å². The van der Waals surface area contributed by atoms with Crippen molar-refractivity contribution in [3.05, 3.63) is 74.8 Å². The van der Waals surface area contributed by atoms with E-state index in [1.807, 2.05) is 19.1 Å². The van der Waals surface area contributed by atoms with Crippen molar-refractivity contribution in [1.29, 1.82) is 0 Å². The molecule has 2 aliphatic rings. The number of non-ortho nitro benzene ring substituents is 1. The van der Waals surface area contributed by atoms with Crippen LogP contribution in [0.1, 0.15) is 36.6 Å². The first-order valence-corrected chi connectivity index (χ1v) is 10.0. The molecule has 0 radical (unpaired) electrons. The minimum absolute atomic E-state index is 0.0434. The number of imide groups is 1. The van der Waals surface area contributed by atoms with Crippen molar-refractivity contribution in [1.82, 2.24) is 14.7 Å². The number of piperazine rings is 1. The van der Waals surface area contributed by atoms with Crippen molar-refractivity contribution < 1.29 is 24.1 Å². The highest BCUT2D eigenvalue weighted by molar-refractivity contribution is 6.22. The van der Waals surface area contributed by atoms with Crippen molar-refractivity contribution in [3.63, 3.8) is 0 Å². The Morgan fingerprint density at radius 2 is 1.50 bits per heavy atom. The highest BCUT2D eigenvalue weighted by Gasteiger charge is 2.39. The van der Waals surface area contributed by atoms with Crippen molar-refractivity contribution in [2.45, 2.75) is 6.92 Å². The van der Waals surface area contributed by atoms with E-state index in [2.05, 4.69) is 0 Å². The summed E-state index contributed by atoms with van der Waals surface area (Å²) >= 11 is 0. The van der Waals surface area contributed by atoms with Crippen LogP contribution in [0.3, 0.4) is 0 Å². The van der Waals surface area contributed by atoms with Gasteiger partial charge in [-0.25, -0.2) is 0 Å². The zero-order valence-corrected chi connectivity index (χ0v) is 17.3. The predicted octanol–water partition coefficient (Wildman–Crippen LogP) is 1.48. The smallest absolute Gasteiger partial charge is 0.270 e. The second kappa shape index (κ2) is 8.22. The van der Waals surface area contributed by atoms with E-state index in [9.17, 15) is 29.3 Å². The Morgan fingerprint density at radius 3 is 2.12 bits per heavy atom. The summed E-state index contributed by atoms with van der Waals surface area (Å²) in [6.07, 6.45) is 0. The number of carbonyl (C=O) groups excluding carboxylic acids is 4. The molecule has 0 bridgehead atoms. The lowest BCUT2D eigenvalue weighted by Gasteiger charge is -2.35. The first-order chi connectivity index (χ1) is 15.3. The fraction of sp³-hybridized carbons (Fsp3) is 0.273. The van der Waals surface area contributed by atoms with Gasteiger partial charge in [0.15, 0.2) is 0 Å². The molecule has 10 nitrogen and oxygen atoms in total. The molecule has 2 aromatic carbocycles. The number of carbonyl (C=O) groups is 4. The first kappa shape index (κ1) is 21.2. The first-order valence-electron chi connectivity index (χ1n) is 10.0. The van der Waals surface area contributed by atoms with E-state index in [1.165, 1.54) is 11.0 Å². The topological polar surface area (TPSA) is 121 Å². The molecule has 0 aliphatic carbocycles. The van der Waals surface area contributed by atoms with E-state index >= 15 is 0 Å². The van der Waals surface area contributed by atoms with Crippen LogP contribution < -0.4 is 0 Å². The Hall–Kier alpha value is -4.08. The van der Waals surface area contributed by atoms with Crippen LogP contribution >= 0.6 is 0 Å². The van der Waals surface area contributed by atoms with E-state index < -0.39 is 29.2 Å². The van der Waals surface area contributed by atoms with Gasteiger partial charge in [-0.1, -0.05) is 17.7 Å². The van der Waals surface area contributed by atoms with Gasteiger partial charge in [-0.2, -0.15) is 0 Å². The molecule has 0 aromatic heterocycles. The molecule has 4 amide bonds. The van der Waals surface area contributed by atoms with E-state index in [0.29, 0.717) is 18.7 Å². The van der Waals surface area contributed by atoms with E-state index in [1.54, 1.807) is 17.0 Å². The molecule has 2 heterocycles. The normalized spacial score (nSPS) is 15.7. The molecule has 4 rings (SSSR count). The number of amides is 4. The molecule has 1 fully saturated rings. The lowest BCUT2D eigenvalue weighted by molar-refractivity contribution is -0.384. The number of benzene rings is 2. The summed E-state index contributed by atoms with van der Waals surface area (Å²) < 4.78 is 0. The van der Waals surface area contributed by atoms with Gasteiger partial charge in [0.25, 0.3) is 23.4 Å². The summed E-state index contributed by atoms with van der Waals surface area (Å²) in [5.74, 6) is -1.91. The van der Waals surface area contributed by atoms with E-state index in [4.69, 9.17) is 0 Å². The Kier molecular flexibility index (Phi) is 5.43. The molecular weight excluding hydrogens is 416 g/mol. The number of nitro benzene ring substituents is 1. The third-order valence-electron chi connectivity index (χ3n) is 5.68. The SMILES string of the molecule is Cc1ccc(C(=O)N2CCN(C(=O)CN3C(=O)c4ccc([N+](=O)[O-])cc4C3=O)CC2)cc1. The number of rotatable bonds is 4. The van der Waals surface area contributed by atoms with E-state index in [-0.39, 0.29) is 35.8 Å². The lowest BCUT2D eigenvalue weighted by atomic mass is 10.1. The van der Waals surface area contributed by atoms with Crippen LogP contribution in [-0.2, 0) is 4.79 Å². The average Bonchev–Trinajstić information content (AvgIpc) is 3.03. The molecule has 0 spiro atoms. The molecule has 0 N–H and O–H groups in total. The number of fused-ring (bicyclic) bond motifs is 1. The van der Waals surface area contributed by atoms with Crippen LogP contribution in [0, 0.1) is 17.0 Å². The van der Waals surface area contributed by atoms with Gasteiger partial charge in [-0.3, -0.25) is 34.2 Å². The van der Waals surface area contributed by atoms with E-state index in [0.717, 1.165) is 22.6 Å². The third kappa shape index (κ3) is 3.82. The van der Waals surface area contributed by atoms with Crippen LogP contribution in [0.25, 0.3) is 0 Å². The van der Waals surface area contributed by atoms with Gasteiger partial charge >= 0.3 is 0 Å². The molecule has 10 heteroatoms. The van der Waals surface area contributed by atoms with Gasteiger partial charge in [-0.05, 0) is 25.1 Å². The summed E-state index contributed by atoms with van der Waals surface area (Å²) in [6.45, 7) is 2.73. The van der Waals surface area contributed by atoms with Gasteiger partial charge in [-0.15, -0.1) is 0 Å². The van der Waals surface area contributed by atoms with Crippen molar-refractivity contribution in [2.24, 2.45) is 0 Å². The maximum absolute atomic E-state index is 12.7. The third-order valence-corrected chi connectivity index (χ3v) is 5.68. The minimum atomic E-state index is -0.727. The van der Waals surface area contributed by atoms with Crippen LogP contribution in [0.2, 0.25) is 0 Å². The van der Waals surface area contributed by atoms with Crippen molar-refractivity contribution in [3.8, 4) is 0 Å². The molecule has 164 valence electrons. The number of nitrogens with zero attached hydrogens (tertiary/aromatic N) is 4. The number of nitro groups is 1. The molecular formula is C22H20N4O6. The Labute approximate surface area is 183 Å². The zero-order chi connectivity index (χ0) is 23.0. The lowest BCUT2D eigenvalue weighted by Crippen LogP contribution is -2.53. The molecule has 0 atom stereocenters. The maximum Gasteiger partial charge on any atom is 0.270 e. The van der Waals surface area contributed by atoms with Gasteiger partial charge < -0.3 is 9.80 Å². The summed E-state index contributed by atoms with van der Waals surface area (Å²) in [5.41, 5.74) is 1.30. The highest BCUT2D eigenvalue weighted by atomic mass is 16.6. The molecule has 32 heavy (non-hydrogen) atoms. The molecule has 0 unspecified atom stereocenters. The number of aryl methyl sites for hydroxylation is 1. The Balaban J connectivity index is 1.37.